The molecule has 1 atom stereocenters. The molecule has 0 saturated heterocycles. The van der Waals surface area contributed by atoms with Crippen LogP contribution >= 0.6 is 12.6 Å². The third-order valence-electron chi connectivity index (χ3n) is 1.52. The molecule has 0 saturated carbocycles. The lowest BCUT2D eigenvalue weighted by Gasteiger charge is -2.11. The van der Waals surface area contributed by atoms with Crippen molar-refractivity contribution in [3.63, 3.8) is 0 Å². The molecular formula is C11H14O4S. The highest BCUT2D eigenvalue weighted by atomic mass is 32.1. The average molecular weight is 242 g/mol. The number of rotatable bonds is 3. The number of ether oxygens (including phenoxy) is 1. The molecule has 0 aliphatic carbocycles. The van der Waals surface area contributed by atoms with Crippen molar-refractivity contribution < 1.29 is 19.4 Å². The van der Waals surface area contributed by atoms with Crippen LogP contribution in [-0.2, 0) is 9.59 Å². The molecule has 0 amide bonds. The van der Waals surface area contributed by atoms with Gasteiger partial charge in [-0.2, -0.15) is 0 Å². The molecule has 1 aromatic rings. The van der Waals surface area contributed by atoms with Gasteiger partial charge in [0.1, 0.15) is 12.0 Å². The predicted molar refractivity (Wildman–Crippen MR) is 63.2 cm³/mol. The summed E-state index contributed by atoms with van der Waals surface area (Å²) >= 11 is 4.12. The minimum atomic E-state index is -0.989. The average Bonchev–Trinajstić information content (AvgIpc) is 2.22. The monoisotopic (exact) mass is 242 g/mol. The summed E-state index contributed by atoms with van der Waals surface area (Å²) in [5.74, 6) is -0.502. The second-order valence-corrected chi connectivity index (χ2v) is 3.28. The maximum Gasteiger partial charge on any atom is 0.344 e. The first kappa shape index (κ1) is 14.5. The van der Waals surface area contributed by atoms with Crippen molar-refractivity contribution >= 4 is 24.9 Å². The Labute approximate surface area is 99.6 Å². The molecule has 0 radical (unpaired) electrons. The van der Waals surface area contributed by atoms with E-state index in [1.807, 2.05) is 0 Å². The van der Waals surface area contributed by atoms with Crippen molar-refractivity contribution in [3.8, 4) is 5.75 Å². The number of carbonyl (C=O) groups excluding carboxylic acids is 1. The molecule has 1 N–H and O–H groups in total. The first-order chi connectivity index (χ1) is 7.52. The van der Waals surface area contributed by atoms with E-state index in [4.69, 9.17) is 14.6 Å². The highest BCUT2D eigenvalue weighted by Gasteiger charge is 2.13. The van der Waals surface area contributed by atoms with Crippen LogP contribution in [0.15, 0.2) is 29.2 Å². The van der Waals surface area contributed by atoms with Gasteiger partial charge >= 0.3 is 5.97 Å². The van der Waals surface area contributed by atoms with Crippen LogP contribution < -0.4 is 4.74 Å². The van der Waals surface area contributed by atoms with Gasteiger partial charge in [-0.05, 0) is 26.0 Å². The van der Waals surface area contributed by atoms with E-state index in [9.17, 15) is 4.79 Å². The summed E-state index contributed by atoms with van der Waals surface area (Å²) in [6, 6.07) is 7.00. The van der Waals surface area contributed by atoms with E-state index in [1.165, 1.54) is 13.8 Å². The Balaban J connectivity index is 0.000000673. The molecule has 1 aromatic carbocycles. The van der Waals surface area contributed by atoms with Crippen molar-refractivity contribution in [1.29, 1.82) is 0 Å². The molecule has 5 heteroatoms. The summed E-state index contributed by atoms with van der Waals surface area (Å²) < 4.78 is 5.13. The van der Waals surface area contributed by atoms with E-state index < -0.39 is 12.1 Å². The van der Waals surface area contributed by atoms with Crippen molar-refractivity contribution in [1.82, 2.24) is 0 Å². The van der Waals surface area contributed by atoms with E-state index in [1.54, 1.807) is 24.3 Å². The molecule has 0 heterocycles. The Kier molecular flexibility index (Phi) is 7.03. The lowest BCUT2D eigenvalue weighted by atomic mass is 10.3. The molecule has 0 spiro atoms. The fourth-order valence-corrected chi connectivity index (χ4v) is 1.01. The topological polar surface area (TPSA) is 63.6 Å². The number of aldehydes is 1. The van der Waals surface area contributed by atoms with E-state index >= 15 is 0 Å². The highest BCUT2D eigenvalue weighted by Crippen LogP contribution is 2.22. The van der Waals surface area contributed by atoms with Crippen molar-refractivity contribution in [2.75, 3.05) is 0 Å². The highest BCUT2D eigenvalue weighted by molar-refractivity contribution is 7.80. The predicted octanol–water partition coefficient (Wildman–Crippen LogP) is 2.03. The Morgan fingerprint density at radius 1 is 1.50 bits per heavy atom. The largest absolute Gasteiger partial charge is 0.479 e. The van der Waals surface area contributed by atoms with E-state index in [0.29, 0.717) is 10.6 Å². The van der Waals surface area contributed by atoms with Crippen LogP contribution in [0.25, 0.3) is 0 Å². The van der Waals surface area contributed by atoms with Gasteiger partial charge in [0.05, 0.1) is 0 Å². The Hall–Kier alpha value is -1.49. The first-order valence-corrected chi connectivity index (χ1v) is 5.04. The fourth-order valence-electron chi connectivity index (χ4n) is 0.798. The number of carbonyl (C=O) groups is 2. The molecule has 4 nitrogen and oxygen atoms in total. The fraction of sp³-hybridized carbons (Fsp3) is 0.273. The van der Waals surface area contributed by atoms with Crippen molar-refractivity contribution in [3.05, 3.63) is 24.3 Å². The number of para-hydroxylation sites is 1. The third-order valence-corrected chi connectivity index (χ3v) is 1.89. The van der Waals surface area contributed by atoms with Gasteiger partial charge in [0.2, 0.25) is 0 Å². The molecule has 88 valence electrons. The standard InChI is InChI=1S/C9H10O3S.C2H4O/c1-6(9(10)11)12-7-4-2-3-5-8(7)13;1-2-3/h2-6,13H,1H3,(H,10,11);2H,1H3. The van der Waals surface area contributed by atoms with Crippen molar-refractivity contribution in [2.45, 2.75) is 24.8 Å². The normalized spacial score (nSPS) is 10.7. The Morgan fingerprint density at radius 2 is 2.00 bits per heavy atom. The summed E-state index contributed by atoms with van der Waals surface area (Å²) in [6.07, 6.45) is -0.103. The SMILES string of the molecule is CC(Oc1ccccc1S)C(=O)O.CC=O. The Morgan fingerprint density at radius 3 is 2.44 bits per heavy atom. The van der Waals surface area contributed by atoms with Crippen LogP contribution in [0.2, 0.25) is 0 Å². The number of carboxylic acids is 1. The van der Waals surface area contributed by atoms with Crippen LogP contribution in [0, 0.1) is 0 Å². The zero-order valence-corrected chi connectivity index (χ0v) is 9.98. The van der Waals surface area contributed by atoms with Crippen molar-refractivity contribution in [2.24, 2.45) is 0 Å². The van der Waals surface area contributed by atoms with Gasteiger partial charge in [-0.3, -0.25) is 0 Å². The minimum Gasteiger partial charge on any atom is -0.479 e. The zero-order chi connectivity index (χ0) is 12.6. The second kappa shape index (κ2) is 7.76. The lowest BCUT2D eigenvalue weighted by molar-refractivity contribution is -0.144. The number of aliphatic carboxylic acids is 1. The molecule has 1 rings (SSSR count). The number of hydrogen-bond acceptors (Lipinski definition) is 4. The summed E-state index contributed by atoms with van der Waals surface area (Å²) in [5.41, 5.74) is 0. The molecule has 16 heavy (non-hydrogen) atoms. The van der Waals surface area contributed by atoms with Gasteiger partial charge in [-0.15, -0.1) is 12.6 Å². The van der Waals surface area contributed by atoms with Crippen LogP contribution in [0.1, 0.15) is 13.8 Å². The summed E-state index contributed by atoms with van der Waals surface area (Å²) in [4.78, 5) is 19.9. The maximum atomic E-state index is 10.5. The van der Waals surface area contributed by atoms with Gasteiger partial charge in [-0.1, -0.05) is 12.1 Å². The molecule has 0 fully saturated rings. The van der Waals surface area contributed by atoms with Crippen LogP contribution in [0.5, 0.6) is 5.75 Å². The number of hydrogen-bond donors (Lipinski definition) is 2. The molecule has 0 aliphatic rings. The molecule has 0 aliphatic heterocycles. The lowest BCUT2D eigenvalue weighted by Crippen LogP contribution is -2.22. The third kappa shape index (κ3) is 5.41. The number of benzene rings is 1. The number of carboxylic acid groups (broad SMARTS) is 1. The summed E-state index contributed by atoms with van der Waals surface area (Å²) in [7, 11) is 0. The van der Waals surface area contributed by atoms with Crippen LogP contribution in [0.4, 0.5) is 0 Å². The van der Waals surface area contributed by atoms with Gasteiger partial charge in [0.25, 0.3) is 0 Å². The van der Waals surface area contributed by atoms with E-state index in [0.717, 1.165) is 6.29 Å². The Bertz CT molecular complexity index is 352. The molecule has 0 aromatic heterocycles. The summed E-state index contributed by atoms with van der Waals surface area (Å²) in [5, 5.41) is 8.58. The zero-order valence-electron chi connectivity index (χ0n) is 9.08. The second-order valence-electron chi connectivity index (χ2n) is 2.80. The van der Waals surface area contributed by atoms with Gasteiger partial charge in [0.15, 0.2) is 6.10 Å². The molecule has 0 bridgehead atoms. The van der Waals surface area contributed by atoms with Gasteiger partial charge in [0, 0.05) is 4.90 Å². The number of thiol groups is 1. The molecule has 1 unspecified atom stereocenters. The van der Waals surface area contributed by atoms with Gasteiger partial charge in [-0.25, -0.2) is 4.79 Å². The first-order valence-electron chi connectivity index (χ1n) is 4.60. The van der Waals surface area contributed by atoms with Crippen LogP contribution in [-0.4, -0.2) is 23.5 Å². The maximum absolute atomic E-state index is 10.5. The van der Waals surface area contributed by atoms with E-state index in [2.05, 4.69) is 12.6 Å². The minimum absolute atomic E-state index is 0.487. The van der Waals surface area contributed by atoms with Gasteiger partial charge < -0.3 is 14.6 Å². The molecular weight excluding hydrogens is 228 g/mol. The summed E-state index contributed by atoms with van der Waals surface area (Å²) in [6.45, 7) is 2.92. The smallest absolute Gasteiger partial charge is 0.344 e. The quantitative estimate of drug-likeness (QED) is 0.629. The van der Waals surface area contributed by atoms with Crippen LogP contribution in [0.3, 0.4) is 0 Å². The van der Waals surface area contributed by atoms with E-state index in [-0.39, 0.29) is 0 Å².